The van der Waals surface area contributed by atoms with E-state index < -0.39 is 5.60 Å². The summed E-state index contributed by atoms with van der Waals surface area (Å²) in [5.41, 5.74) is -0.208. The third-order valence-corrected chi connectivity index (χ3v) is 6.25. The minimum Gasteiger partial charge on any atom is -0.466 e. The largest absolute Gasteiger partial charge is 0.466 e. The van der Waals surface area contributed by atoms with Gasteiger partial charge in [0.2, 0.25) is 0 Å². The number of carbonyl (C=O) groups excluding carboxylic acids is 2. The zero-order valence-corrected chi connectivity index (χ0v) is 19.9. The predicted molar refractivity (Wildman–Crippen MR) is 120 cm³/mol. The number of unbranched alkanes of at least 4 members (excludes halogenated alkanes) is 4. The van der Waals surface area contributed by atoms with Crippen molar-refractivity contribution in [1.29, 1.82) is 0 Å². The Labute approximate surface area is 183 Å². The van der Waals surface area contributed by atoms with Crippen molar-refractivity contribution in [2.45, 2.75) is 104 Å². The Kier molecular flexibility index (Phi) is 12.3. The topological polar surface area (TPSA) is 72.8 Å². The second kappa shape index (κ2) is 13.8. The third kappa shape index (κ3) is 9.20. The normalized spacial score (nSPS) is 20.6. The number of rotatable bonds is 15. The molecular weight excluding hydrogens is 380 g/mol. The molecule has 0 radical (unpaired) electrons. The number of aliphatic hydroxyl groups is 1. The first-order chi connectivity index (χ1) is 14.2. The van der Waals surface area contributed by atoms with E-state index in [9.17, 15) is 14.7 Å². The highest BCUT2D eigenvalue weighted by molar-refractivity contribution is 5.91. The van der Waals surface area contributed by atoms with Crippen molar-refractivity contribution in [3.8, 4) is 0 Å². The molecule has 1 aliphatic rings. The highest BCUT2D eigenvalue weighted by Gasteiger charge is 2.42. The number of hydrogen-bond donors (Lipinski definition) is 1. The van der Waals surface area contributed by atoms with Crippen molar-refractivity contribution in [3.05, 3.63) is 11.6 Å². The summed E-state index contributed by atoms with van der Waals surface area (Å²) < 4.78 is 10.9. The molecule has 1 unspecified atom stereocenters. The van der Waals surface area contributed by atoms with Crippen LogP contribution in [0, 0.1) is 17.8 Å². The molecule has 5 heteroatoms. The van der Waals surface area contributed by atoms with Gasteiger partial charge in [-0.05, 0) is 43.4 Å². The van der Waals surface area contributed by atoms with Crippen LogP contribution < -0.4 is 0 Å². The zero-order chi connectivity index (χ0) is 22.6. The van der Waals surface area contributed by atoms with Gasteiger partial charge in [-0.1, -0.05) is 66.4 Å². The number of esters is 2. The summed E-state index contributed by atoms with van der Waals surface area (Å²) in [6.07, 6.45) is 10.3. The number of ether oxygens (including phenoxy) is 2. The van der Waals surface area contributed by atoms with Gasteiger partial charge in [-0.3, -0.25) is 4.79 Å². The molecule has 0 aromatic rings. The van der Waals surface area contributed by atoms with Crippen LogP contribution in [0.1, 0.15) is 98.8 Å². The van der Waals surface area contributed by atoms with E-state index in [0.717, 1.165) is 19.3 Å². The second-order valence-corrected chi connectivity index (χ2v) is 9.51. The fourth-order valence-corrected chi connectivity index (χ4v) is 4.30. The van der Waals surface area contributed by atoms with Crippen molar-refractivity contribution >= 4 is 11.9 Å². The lowest BCUT2D eigenvalue weighted by atomic mass is 9.82. The van der Waals surface area contributed by atoms with Crippen LogP contribution in [0.5, 0.6) is 0 Å². The molecule has 0 aliphatic carbocycles. The van der Waals surface area contributed by atoms with E-state index in [0.29, 0.717) is 55.6 Å². The SMILES string of the molecule is CCCCCCCC(=O)OCCCC1(CO)C/C(=C/CC(C(C)C)C(C)C)C(=O)O1. The van der Waals surface area contributed by atoms with Crippen LogP contribution in [-0.2, 0) is 19.1 Å². The van der Waals surface area contributed by atoms with Crippen LogP contribution in [0.15, 0.2) is 11.6 Å². The quantitative estimate of drug-likeness (QED) is 0.211. The maximum absolute atomic E-state index is 12.3. The lowest BCUT2D eigenvalue weighted by molar-refractivity contribution is -0.152. The molecule has 0 amide bonds. The summed E-state index contributed by atoms with van der Waals surface area (Å²) in [5, 5.41) is 9.89. The molecule has 1 aliphatic heterocycles. The molecule has 0 spiro atoms. The van der Waals surface area contributed by atoms with E-state index in [1.165, 1.54) is 19.3 Å². The van der Waals surface area contributed by atoms with Crippen LogP contribution in [0.2, 0.25) is 0 Å². The molecule has 1 rings (SSSR count). The number of cyclic esters (lactones) is 1. The van der Waals surface area contributed by atoms with Crippen molar-refractivity contribution < 1.29 is 24.2 Å². The summed E-state index contributed by atoms with van der Waals surface area (Å²) in [4.78, 5) is 24.2. The Morgan fingerprint density at radius 2 is 1.80 bits per heavy atom. The van der Waals surface area contributed by atoms with Gasteiger partial charge in [0.15, 0.2) is 0 Å². The standard InChI is InChI=1S/C25H44O5/c1-6-7-8-9-10-12-23(27)29-16-11-15-25(18-26)17-21(24(28)30-25)13-14-22(19(2)3)20(4)5/h13,19-20,22,26H,6-12,14-18H2,1-5H3/b21-13-. The summed E-state index contributed by atoms with van der Waals surface area (Å²) in [6.45, 7) is 11.1. The van der Waals surface area contributed by atoms with Gasteiger partial charge < -0.3 is 14.6 Å². The summed E-state index contributed by atoms with van der Waals surface area (Å²) in [5.74, 6) is 1.11. The summed E-state index contributed by atoms with van der Waals surface area (Å²) >= 11 is 0. The molecule has 1 atom stereocenters. The van der Waals surface area contributed by atoms with Crippen LogP contribution in [0.4, 0.5) is 0 Å². The molecule has 174 valence electrons. The molecule has 30 heavy (non-hydrogen) atoms. The number of aliphatic hydroxyl groups excluding tert-OH is 1. The van der Waals surface area contributed by atoms with Gasteiger partial charge in [-0.2, -0.15) is 0 Å². The van der Waals surface area contributed by atoms with Gasteiger partial charge in [0.05, 0.1) is 13.2 Å². The van der Waals surface area contributed by atoms with Gasteiger partial charge in [0, 0.05) is 18.4 Å². The van der Waals surface area contributed by atoms with Gasteiger partial charge in [0.25, 0.3) is 0 Å². The first kappa shape index (κ1) is 26.7. The fourth-order valence-electron chi connectivity index (χ4n) is 4.30. The molecule has 0 aromatic heterocycles. The summed E-state index contributed by atoms with van der Waals surface area (Å²) in [6, 6.07) is 0. The van der Waals surface area contributed by atoms with Crippen molar-refractivity contribution in [3.63, 3.8) is 0 Å². The lowest BCUT2D eigenvalue weighted by Crippen LogP contribution is -2.33. The lowest BCUT2D eigenvalue weighted by Gasteiger charge is -2.24. The Hall–Kier alpha value is -1.36. The molecule has 1 heterocycles. The second-order valence-electron chi connectivity index (χ2n) is 9.51. The zero-order valence-electron chi connectivity index (χ0n) is 19.9. The van der Waals surface area contributed by atoms with Crippen molar-refractivity contribution in [2.75, 3.05) is 13.2 Å². The maximum atomic E-state index is 12.3. The van der Waals surface area contributed by atoms with Gasteiger partial charge in [0.1, 0.15) is 5.60 Å². The predicted octanol–water partition coefficient (Wildman–Crippen LogP) is 5.59. The van der Waals surface area contributed by atoms with E-state index in [1.807, 2.05) is 6.08 Å². The van der Waals surface area contributed by atoms with Gasteiger partial charge in [-0.25, -0.2) is 4.79 Å². The molecule has 5 nitrogen and oxygen atoms in total. The minimum absolute atomic E-state index is 0.165. The molecule has 0 aromatic carbocycles. The highest BCUT2D eigenvalue weighted by atomic mass is 16.6. The fraction of sp³-hybridized carbons (Fsp3) is 0.840. The van der Waals surface area contributed by atoms with Crippen LogP contribution in [0.3, 0.4) is 0 Å². The summed E-state index contributed by atoms with van der Waals surface area (Å²) in [7, 11) is 0. The molecule has 1 saturated heterocycles. The number of hydrogen-bond acceptors (Lipinski definition) is 5. The average molecular weight is 425 g/mol. The molecule has 1 N–H and O–H groups in total. The van der Waals surface area contributed by atoms with Crippen LogP contribution in [0.25, 0.3) is 0 Å². The minimum atomic E-state index is -0.874. The van der Waals surface area contributed by atoms with E-state index in [2.05, 4.69) is 34.6 Å². The Balaban J connectivity index is 2.43. The highest BCUT2D eigenvalue weighted by Crippen LogP contribution is 2.36. The third-order valence-electron chi connectivity index (χ3n) is 6.25. The van der Waals surface area contributed by atoms with E-state index in [4.69, 9.17) is 9.47 Å². The number of allylic oxidation sites excluding steroid dienone is 1. The van der Waals surface area contributed by atoms with Crippen molar-refractivity contribution in [1.82, 2.24) is 0 Å². The Morgan fingerprint density at radius 1 is 1.13 bits per heavy atom. The first-order valence-electron chi connectivity index (χ1n) is 11.9. The maximum Gasteiger partial charge on any atom is 0.334 e. The molecule has 0 bridgehead atoms. The van der Waals surface area contributed by atoms with E-state index >= 15 is 0 Å². The number of carbonyl (C=O) groups is 2. The van der Waals surface area contributed by atoms with E-state index in [-0.39, 0.29) is 18.5 Å². The Morgan fingerprint density at radius 3 is 2.40 bits per heavy atom. The smallest absolute Gasteiger partial charge is 0.334 e. The molecule has 0 saturated carbocycles. The van der Waals surface area contributed by atoms with Gasteiger partial charge >= 0.3 is 11.9 Å². The first-order valence-corrected chi connectivity index (χ1v) is 11.9. The molecular formula is C25H44O5. The van der Waals surface area contributed by atoms with Gasteiger partial charge in [-0.15, -0.1) is 0 Å². The van der Waals surface area contributed by atoms with E-state index in [1.54, 1.807) is 0 Å². The monoisotopic (exact) mass is 424 g/mol. The average Bonchev–Trinajstić information content (AvgIpc) is 3.01. The van der Waals surface area contributed by atoms with Crippen molar-refractivity contribution in [2.24, 2.45) is 17.8 Å². The van der Waals surface area contributed by atoms with Crippen LogP contribution in [-0.4, -0.2) is 35.9 Å². The Bertz CT molecular complexity index is 544. The van der Waals surface area contributed by atoms with Crippen LogP contribution >= 0.6 is 0 Å². The molecule has 1 fully saturated rings.